The Hall–Kier alpha value is -3.21. The number of rotatable bonds is 6. The van der Waals surface area contributed by atoms with Crippen molar-refractivity contribution in [2.45, 2.75) is 37.9 Å². The van der Waals surface area contributed by atoms with E-state index in [9.17, 15) is 4.79 Å². The monoisotopic (exact) mass is 469 g/mol. The van der Waals surface area contributed by atoms with Gasteiger partial charge in [-0.25, -0.2) is 0 Å². The molecule has 0 saturated carbocycles. The van der Waals surface area contributed by atoms with Gasteiger partial charge in [-0.3, -0.25) is 9.78 Å². The zero-order valence-electron chi connectivity index (χ0n) is 19.0. The van der Waals surface area contributed by atoms with Crippen LogP contribution >= 0.6 is 11.6 Å². The number of benzene rings is 3. The molecule has 4 nitrogen and oxygen atoms in total. The van der Waals surface area contributed by atoms with Gasteiger partial charge in [0.1, 0.15) is 0 Å². The van der Waals surface area contributed by atoms with Crippen LogP contribution in [0.1, 0.15) is 34.3 Å². The molecule has 34 heavy (non-hydrogen) atoms. The molecule has 5 rings (SSSR count). The minimum absolute atomic E-state index is 0.0798. The van der Waals surface area contributed by atoms with Crippen molar-refractivity contribution in [3.63, 3.8) is 0 Å². The Labute approximate surface area is 205 Å². The number of hydrogen-bond acceptors (Lipinski definition) is 3. The van der Waals surface area contributed by atoms with Crippen LogP contribution in [0.25, 0.3) is 10.9 Å². The number of pyridine rings is 1. The van der Waals surface area contributed by atoms with E-state index < -0.39 is 0 Å². The van der Waals surface area contributed by atoms with E-state index in [1.165, 1.54) is 16.5 Å². The molecule has 1 saturated heterocycles. The number of likely N-dealkylation sites (tertiary alicyclic amines) is 1. The van der Waals surface area contributed by atoms with Gasteiger partial charge in [-0.15, -0.1) is 0 Å². The SMILES string of the molecule is O=C(c1ccc(Cl)cc1)N1CC[C@H](NCc2ccnc3ccccc23)C[C@H]1Cc1ccccc1. The Morgan fingerprint density at radius 3 is 2.56 bits per heavy atom. The van der Waals surface area contributed by atoms with Gasteiger partial charge >= 0.3 is 0 Å². The highest BCUT2D eigenvalue weighted by Gasteiger charge is 2.32. The van der Waals surface area contributed by atoms with Crippen molar-refractivity contribution in [2.24, 2.45) is 0 Å². The number of nitrogens with zero attached hydrogens (tertiary/aromatic N) is 2. The molecule has 2 atom stereocenters. The number of aromatic nitrogens is 1. The Morgan fingerprint density at radius 2 is 1.74 bits per heavy atom. The molecule has 0 unspecified atom stereocenters. The first-order valence-electron chi connectivity index (χ1n) is 11.8. The predicted octanol–water partition coefficient (Wildman–Crippen LogP) is 5.89. The topological polar surface area (TPSA) is 45.2 Å². The number of nitrogens with one attached hydrogen (secondary N) is 1. The molecule has 2 heterocycles. The van der Waals surface area contributed by atoms with Crippen molar-refractivity contribution < 1.29 is 4.79 Å². The molecule has 5 heteroatoms. The van der Waals surface area contributed by atoms with E-state index in [4.69, 9.17) is 11.6 Å². The van der Waals surface area contributed by atoms with Gasteiger partial charge in [0.25, 0.3) is 5.91 Å². The molecule has 0 aliphatic carbocycles. The second kappa shape index (κ2) is 10.4. The fraction of sp³-hybridized carbons (Fsp3) is 0.241. The average molecular weight is 470 g/mol. The van der Waals surface area contributed by atoms with Gasteiger partial charge in [0.2, 0.25) is 0 Å². The Bertz CT molecular complexity index is 1250. The molecule has 172 valence electrons. The summed E-state index contributed by atoms with van der Waals surface area (Å²) in [5.74, 6) is 0.0798. The summed E-state index contributed by atoms with van der Waals surface area (Å²) in [4.78, 5) is 19.9. The lowest BCUT2D eigenvalue weighted by Gasteiger charge is -2.40. The third kappa shape index (κ3) is 5.14. The first-order chi connectivity index (χ1) is 16.7. The highest BCUT2D eigenvalue weighted by molar-refractivity contribution is 6.30. The molecule has 0 spiro atoms. The summed E-state index contributed by atoms with van der Waals surface area (Å²) in [6.45, 7) is 1.52. The number of para-hydroxylation sites is 1. The van der Waals surface area contributed by atoms with E-state index in [0.29, 0.717) is 16.6 Å². The van der Waals surface area contributed by atoms with Crippen molar-refractivity contribution in [3.8, 4) is 0 Å². The van der Waals surface area contributed by atoms with Crippen LogP contribution < -0.4 is 5.32 Å². The first kappa shape index (κ1) is 22.6. The maximum Gasteiger partial charge on any atom is 0.254 e. The second-order valence-electron chi connectivity index (χ2n) is 8.94. The molecular formula is C29H28ClN3O. The number of piperidine rings is 1. The first-order valence-corrected chi connectivity index (χ1v) is 12.2. The van der Waals surface area contributed by atoms with Crippen LogP contribution in [0, 0.1) is 0 Å². The van der Waals surface area contributed by atoms with Crippen LogP contribution in [-0.4, -0.2) is 34.4 Å². The van der Waals surface area contributed by atoms with Gasteiger partial charge in [0.05, 0.1) is 5.52 Å². The van der Waals surface area contributed by atoms with E-state index in [-0.39, 0.29) is 11.9 Å². The quantitative estimate of drug-likeness (QED) is 0.382. The highest BCUT2D eigenvalue weighted by Crippen LogP contribution is 2.25. The van der Waals surface area contributed by atoms with Gasteiger partial charge in [-0.1, -0.05) is 60.1 Å². The second-order valence-corrected chi connectivity index (χ2v) is 9.37. The largest absolute Gasteiger partial charge is 0.335 e. The van der Waals surface area contributed by atoms with E-state index >= 15 is 0 Å². The fourth-order valence-electron chi connectivity index (χ4n) is 4.91. The molecule has 1 aliphatic heterocycles. The summed E-state index contributed by atoms with van der Waals surface area (Å²) in [6.07, 6.45) is 4.56. The molecule has 1 aromatic heterocycles. The summed E-state index contributed by atoms with van der Waals surface area (Å²) in [6, 6.07) is 28.5. The molecular weight excluding hydrogens is 442 g/mol. The summed E-state index contributed by atoms with van der Waals surface area (Å²) >= 11 is 6.04. The third-order valence-corrected chi connectivity index (χ3v) is 6.95. The Morgan fingerprint density at radius 1 is 0.971 bits per heavy atom. The number of hydrogen-bond donors (Lipinski definition) is 1. The van der Waals surface area contributed by atoms with Crippen LogP contribution in [0.15, 0.2) is 91.1 Å². The van der Waals surface area contributed by atoms with E-state index in [1.54, 1.807) is 12.1 Å². The smallest absolute Gasteiger partial charge is 0.254 e. The number of fused-ring (bicyclic) bond motifs is 1. The fourth-order valence-corrected chi connectivity index (χ4v) is 5.03. The number of carbonyl (C=O) groups excluding carboxylic acids is 1. The van der Waals surface area contributed by atoms with Crippen molar-refractivity contribution in [3.05, 3.63) is 113 Å². The zero-order chi connectivity index (χ0) is 23.3. The summed E-state index contributed by atoms with van der Waals surface area (Å²) in [7, 11) is 0. The number of amides is 1. The highest BCUT2D eigenvalue weighted by atomic mass is 35.5. The van der Waals surface area contributed by atoms with Gasteiger partial charge in [0, 0.05) is 47.3 Å². The van der Waals surface area contributed by atoms with Crippen LogP contribution in [0.2, 0.25) is 5.02 Å². The number of carbonyl (C=O) groups is 1. The molecule has 1 fully saturated rings. The maximum atomic E-state index is 13.4. The molecule has 0 radical (unpaired) electrons. The molecule has 1 amide bonds. The van der Waals surface area contributed by atoms with Crippen molar-refractivity contribution in [1.29, 1.82) is 0 Å². The summed E-state index contributed by atoms with van der Waals surface area (Å²) in [5.41, 5.74) is 4.22. The molecule has 1 N–H and O–H groups in total. The van der Waals surface area contributed by atoms with Crippen molar-refractivity contribution in [2.75, 3.05) is 6.54 Å². The van der Waals surface area contributed by atoms with E-state index in [0.717, 1.165) is 37.9 Å². The van der Waals surface area contributed by atoms with Crippen molar-refractivity contribution in [1.82, 2.24) is 15.2 Å². The van der Waals surface area contributed by atoms with E-state index in [1.807, 2.05) is 30.5 Å². The van der Waals surface area contributed by atoms with E-state index in [2.05, 4.69) is 63.7 Å². The van der Waals surface area contributed by atoms with Crippen LogP contribution in [0.5, 0.6) is 0 Å². The van der Waals surface area contributed by atoms with Crippen LogP contribution in [0.4, 0.5) is 0 Å². The van der Waals surface area contributed by atoms with Crippen LogP contribution in [-0.2, 0) is 13.0 Å². The molecule has 4 aromatic rings. The van der Waals surface area contributed by atoms with Gasteiger partial charge < -0.3 is 10.2 Å². The summed E-state index contributed by atoms with van der Waals surface area (Å²) < 4.78 is 0. The standard InChI is InChI=1S/C29H28ClN3O/c30-24-12-10-22(11-13-24)29(34)33-17-15-25(19-26(33)18-21-6-2-1-3-7-21)32-20-23-14-16-31-28-9-5-4-8-27(23)28/h1-14,16,25-26,32H,15,17-20H2/t25-,26+/m0/s1. The van der Waals surface area contributed by atoms with Crippen molar-refractivity contribution >= 4 is 28.4 Å². The zero-order valence-corrected chi connectivity index (χ0v) is 19.8. The minimum Gasteiger partial charge on any atom is -0.335 e. The van der Waals surface area contributed by atoms with Gasteiger partial charge in [-0.2, -0.15) is 0 Å². The minimum atomic E-state index is 0.0798. The molecule has 1 aliphatic rings. The predicted molar refractivity (Wildman–Crippen MR) is 138 cm³/mol. The molecule has 0 bridgehead atoms. The maximum absolute atomic E-state index is 13.4. The van der Waals surface area contributed by atoms with Gasteiger partial charge in [-0.05, 0) is 66.8 Å². The Kier molecular flexibility index (Phi) is 6.89. The molecule has 3 aromatic carbocycles. The van der Waals surface area contributed by atoms with Crippen LogP contribution in [0.3, 0.4) is 0 Å². The average Bonchev–Trinajstić information content (AvgIpc) is 2.88. The number of halogens is 1. The summed E-state index contributed by atoms with van der Waals surface area (Å²) in [5, 5.41) is 5.60. The lowest BCUT2D eigenvalue weighted by molar-refractivity contribution is 0.0576. The normalized spacial score (nSPS) is 18.2. The lowest BCUT2D eigenvalue weighted by Crippen LogP contribution is -2.51. The lowest BCUT2D eigenvalue weighted by atomic mass is 9.91. The van der Waals surface area contributed by atoms with Gasteiger partial charge in [0.15, 0.2) is 0 Å². The third-order valence-electron chi connectivity index (χ3n) is 6.70. The Balaban J connectivity index is 1.32.